The largest absolute Gasteiger partial charge is 0.494 e. The van der Waals surface area contributed by atoms with Gasteiger partial charge in [0.15, 0.2) is 11.6 Å². The zero-order valence-electron chi connectivity index (χ0n) is 11.9. The van der Waals surface area contributed by atoms with Gasteiger partial charge >= 0.3 is 0 Å². The van der Waals surface area contributed by atoms with E-state index in [0.29, 0.717) is 11.3 Å². The van der Waals surface area contributed by atoms with E-state index in [1.54, 1.807) is 19.1 Å². The lowest BCUT2D eigenvalue weighted by Gasteiger charge is -2.24. The Labute approximate surface area is 122 Å². The summed E-state index contributed by atoms with van der Waals surface area (Å²) in [6.07, 6.45) is 0. The molecule has 0 saturated heterocycles. The summed E-state index contributed by atoms with van der Waals surface area (Å²) in [4.78, 5) is 12.3. The maximum absolute atomic E-state index is 13.3. The summed E-state index contributed by atoms with van der Waals surface area (Å²) in [5.74, 6) is -0.817. The van der Waals surface area contributed by atoms with Gasteiger partial charge < -0.3 is 15.8 Å². The van der Waals surface area contributed by atoms with Gasteiger partial charge in [0, 0.05) is 11.8 Å². The lowest BCUT2D eigenvalue weighted by molar-refractivity contribution is -0.120. The van der Waals surface area contributed by atoms with E-state index in [1.165, 1.54) is 25.3 Å². The topological polar surface area (TPSA) is 64.3 Å². The SMILES string of the molecule is COc1cc(NC(=O)C(C)(N)c2ccccc2)ccc1F. The van der Waals surface area contributed by atoms with Crippen molar-refractivity contribution in [3.63, 3.8) is 0 Å². The van der Waals surface area contributed by atoms with Crippen LogP contribution >= 0.6 is 0 Å². The predicted octanol–water partition coefficient (Wildman–Crippen LogP) is 2.65. The number of rotatable bonds is 4. The van der Waals surface area contributed by atoms with Crippen molar-refractivity contribution in [2.24, 2.45) is 5.73 Å². The van der Waals surface area contributed by atoms with Crippen molar-refractivity contribution in [1.82, 2.24) is 0 Å². The molecule has 2 rings (SSSR count). The average molecular weight is 288 g/mol. The highest BCUT2D eigenvalue weighted by atomic mass is 19.1. The summed E-state index contributed by atoms with van der Waals surface area (Å²) >= 11 is 0. The van der Waals surface area contributed by atoms with Crippen LogP contribution in [0.15, 0.2) is 48.5 Å². The minimum Gasteiger partial charge on any atom is -0.494 e. The van der Waals surface area contributed by atoms with Crippen molar-refractivity contribution in [1.29, 1.82) is 0 Å². The van der Waals surface area contributed by atoms with Crippen LogP contribution in [0, 0.1) is 5.82 Å². The normalized spacial score (nSPS) is 13.3. The fourth-order valence-corrected chi connectivity index (χ4v) is 1.91. The molecule has 21 heavy (non-hydrogen) atoms. The van der Waals surface area contributed by atoms with E-state index < -0.39 is 11.4 Å². The number of anilines is 1. The molecule has 2 aromatic carbocycles. The molecule has 0 aliphatic heterocycles. The fourth-order valence-electron chi connectivity index (χ4n) is 1.91. The molecule has 1 unspecified atom stereocenters. The molecule has 0 bridgehead atoms. The molecular formula is C16H17FN2O2. The van der Waals surface area contributed by atoms with Gasteiger partial charge in [0.25, 0.3) is 0 Å². The van der Waals surface area contributed by atoms with Gasteiger partial charge in [-0.3, -0.25) is 4.79 Å². The summed E-state index contributed by atoms with van der Waals surface area (Å²) in [5.41, 5.74) is 6.03. The number of amides is 1. The van der Waals surface area contributed by atoms with Crippen LogP contribution in [0.3, 0.4) is 0 Å². The maximum atomic E-state index is 13.3. The predicted molar refractivity (Wildman–Crippen MR) is 79.6 cm³/mol. The van der Waals surface area contributed by atoms with Crippen molar-refractivity contribution < 1.29 is 13.9 Å². The third-order valence-corrected chi connectivity index (χ3v) is 3.25. The van der Waals surface area contributed by atoms with E-state index >= 15 is 0 Å². The summed E-state index contributed by atoms with van der Waals surface area (Å²) in [5, 5.41) is 2.67. The summed E-state index contributed by atoms with van der Waals surface area (Å²) in [7, 11) is 1.36. The van der Waals surface area contributed by atoms with Gasteiger partial charge in [0.05, 0.1) is 7.11 Å². The van der Waals surface area contributed by atoms with Crippen LogP contribution < -0.4 is 15.8 Å². The van der Waals surface area contributed by atoms with E-state index in [9.17, 15) is 9.18 Å². The van der Waals surface area contributed by atoms with Crippen LogP contribution in [-0.2, 0) is 10.3 Å². The Balaban J connectivity index is 2.21. The lowest BCUT2D eigenvalue weighted by atomic mass is 9.92. The highest BCUT2D eigenvalue weighted by Gasteiger charge is 2.30. The number of benzene rings is 2. The Hall–Kier alpha value is -2.40. The summed E-state index contributed by atoms with van der Waals surface area (Å²) in [6.45, 7) is 1.62. The molecule has 0 spiro atoms. The molecule has 1 amide bonds. The molecule has 0 radical (unpaired) electrons. The smallest absolute Gasteiger partial charge is 0.248 e. The molecule has 1 atom stereocenters. The van der Waals surface area contributed by atoms with Gasteiger partial charge in [-0.2, -0.15) is 0 Å². The van der Waals surface area contributed by atoms with Crippen molar-refractivity contribution in [2.45, 2.75) is 12.5 Å². The van der Waals surface area contributed by atoms with E-state index in [-0.39, 0.29) is 11.7 Å². The molecular weight excluding hydrogens is 271 g/mol. The second kappa shape index (κ2) is 5.93. The van der Waals surface area contributed by atoms with Crippen LogP contribution in [0.4, 0.5) is 10.1 Å². The number of carbonyl (C=O) groups excluding carboxylic acids is 1. The summed E-state index contributed by atoms with van der Waals surface area (Å²) < 4.78 is 18.2. The second-order valence-electron chi connectivity index (χ2n) is 4.87. The van der Waals surface area contributed by atoms with Gasteiger partial charge in [-0.25, -0.2) is 4.39 Å². The number of hydrogen-bond acceptors (Lipinski definition) is 3. The van der Waals surface area contributed by atoms with E-state index in [2.05, 4.69) is 5.32 Å². The van der Waals surface area contributed by atoms with Crippen LogP contribution in [0.2, 0.25) is 0 Å². The summed E-state index contributed by atoms with van der Waals surface area (Å²) in [6, 6.07) is 13.1. The molecule has 0 aromatic heterocycles. The third-order valence-electron chi connectivity index (χ3n) is 3.25. The Morgan fingerprint density at radius 2 is 1.90 bits per heavy atom. The molecule has 5 heteroatoms. The van der Waals surface area contributed by atoms with Crippen LogP contribution in [0.5, 0.6) is 5.75 Å². The lowest BCUT2D eigenvalue weighted by Crippen LogP contribution is -2.45. The van der Waals surface area contributed by atoms with Gasteiger partial charge in [0.1, 0.15) is 5.54 Å². The van der Waals surface area contributed by atoms with Crippen molar-refractivity contribution in [3.05, 3.63) is 59.9 Å². The van der Waals surface area contributed by atoms with Crippen LogP contribution in [0.1, 0.15) is 12.5 Å². The third kappa shape index (κ3) is 3.20. The van der Waals surface area contributed by atoms with E-state index in [0.717, 1.165) is 0 Å². The van der Waals surface area contributed by atoms with Gasteiger partial charge in [-0.15, -0.1) is 0 Å². The number of halogens is 1. The molecule has 110 valence electrons. The van der Waals surface area contributed by atoms with Crippen molar-refractivity contribution in [2.75, 3.05) is 12.4 Å². The zero-order chi connectivity index (χ0) is 15.5. The van der Waals surface area contributed by atoms with E-state index in [4.69, 9.17) is 10.5 Å². The Morgan fingerprint density at radius 1 is 1.24 bits per heavy atom. The monoisotopic (exact) mass is 288 g/mol. The molecule has 3 N–H and O–H groups in total. The molecule has 0 saturated carbocycles. The number of ether oxygens (including phenoxy) is 1. The first-order valence-corrected chi connectivity index (χ1v) is 6.44. The van der Waals surface area contributed by atoms with Gasteiger partial charge in [-0.05, 0) is 24.6 Å². The maximum Gasteiger partial charge on any atom is 0.248 e. The number of hydrogen-bond donors (Lipinski definition) is 2. The Morgan fingerprint density at radius 3 is 2.52 bits per heavy atom. The highest BCUT2D eigenvalue weighted by molar-refractivity contribution is 5.98. The van der Waals surface area contributed by atoms with E-state index in [1.807, 2.05) is 18.2 Å². The standard InChI is InChI=1S/C16H17FN2O2/c1-16(18,11-6-4-3-5-7-11)15(20)19-12-8-9-13(17)14(10-12)21-2/h3-10H,18H2,1-2H3,(H,19,20). The number of nitrogens with one attached hydrogen (secondary N) is 1. The number of carbonyl (C=O) groups is 1. The molecule has 2 aromatic rings. The first kappa shape index (κ1) is 15.0. The Bertz CT molecular complexity index is 642. The quantitative estimate of drug-likeness (QED) is 0.909. The molecule has 0 aliphatic carbocycles. The minimum absolute atomic E-state index is 0.0613. The minimum atomic E-state index is -1.19. The number of methoxy groups -OCH3 is 1. The first-order chi connectivity index (χ1) is 9.95. The molecule has 4 nitrogen and oxygen atoms in total. The van der Waals surface area contributed by atoms with Gasteiger partial charge in [-0.1, -0.05) is 30.3 Å². The van der Waals surface area contributed by atoms with Crippen molar-refractivity contribution >= 4 is 11.6 Å². The number of nitrogens with two attached hydrogens (primary N) is 1. The molecule has 0 fully saturated rings. The van der Waals surface area contributed by atoms with Crippen LogP contribution in [-0.4, -0.2) is 13.0 Å². The molecule has 0 heterocycles. The van der Waals surface area contributed by atoms with Crippen molar-refractivity contribution in [3.8, 4) is 5.75 Å². The Kier molecular flexibility index (Phi) is 4.23. The zero-order valence-corrected chi connectivity index (χ0v) is 11.9. The fraction of sp³-hybridized carbons (Fsp3) is 0.188. The van der Waals surface area contributed by atoms with Gasteiger partial charge in [0.2, 0.25) is 5.91 Å². The average Bonchev–Trinajstić information content (AvgIpc) is 2.50. The molecule has 0 aliphatic rings. The first-order valence-electron chi connectivity index (χ1n) is 6.44. The van der Waals surface area contributed by atoms with Crippen LogP contribution in [0.25, 0.3) is 0 Å². The highest BCUT2D eigenvalue weighted by Crippen LogP contribution is 2.24. The second-order valence-corrected chi connectivity index (χ2v) is 4.87.